The van der Waals surface area contributed by atoms with Crippen LogP contribution in [-0.4, -0.2) is 55.9 Å². The minimum absolute atomic E-state index is 0.0841. The lowest BCUT2D eigenvalue weighted by atomic mass is 9.79. The minimum atomic E-state index is -3.13. The van der Waals surface area contributed by atoms with E-state index in [0.29, 0.717) is 12.8 Å². The van der Waals surface area contributed by atoms with Crippen LogP contribution < -0.4 is 0 Å². The minimum Gasteiger partial charge on any atom is -0.481 e. The van der Waals surface area contributed by atoms with Gasteiger partial charge >= 0.3 is 5.97 Å². The first kappa shape index (κ1) is 17.9. The van der Waals surface area contributed by atoms with E-state index >= 15 is 0 Å². The molecule has 6 nitrogen and oxygen atoms in total. The maximum absolute atomic E-state index is 12.0. The summed E-state index contributed by atoms with van der Waals surface area (Å²) in [6.45, 7) is 3.56. The third kappa shape index (κ3) is 5.59. The number of carboxylic acids is 1. The third-order valence-corrected chi connectivity index (χ3v) is 4.44. The van der Waals surface area contributed by atoms with Gasteiger partial charge in [-0.2, -0.15) is 0 Å². The van der Waals surface area contributed by atoms with Crippen molar-refractivity contribution in [2.75, 3.05) is 25.6 Å². The Hall–Kier alpha value is -1.11. The summed E-state index contributed by atoms with van der Waals surface area (Å²) < 4.78 is 22.1. The molecule has 0 radical (unpaired) electrons. The van der Waals surface area contributed by atoms with Crippen molar-refractivity contribution in [2.24, 2.45) is 5.41 Å². The lowest BCUT2D eigenvalue weighted by Gasteiger charge is -2.28. The summed E-state index contributed by atoms with van der Waals surface area (Å²) in [5, 5.41) is 9.25. The van der Waals surface area contributed by atoms with Crippen molar-refractivity contribution in [1.82, 2.24) is 4.90 Å². The second-order valence-corrected chi connectivity index (χ2v) is 7.17. The highest BCUT2D eigenvalue weighted by Crippen LogP contribution is 2.31. The second-order valence-electron chi connectivity index (χ2n) is 4.91. The summed E-state index contributed by atoms with van der Waals surface area (Å²) in [6.07, 6.45) is 1.73. The molecule has 0 aromatic carbocycles. The third-order valence-electron chi connectivity index (χ3n) is 3.52. The van der Waals surface area contributed by atoms with Crippen molar-refractivity contribution in [3.63, 3.8) is 0 Å². The van der Waals surface area contributed by atoms with Crippen molar-refractivity contribution in [2.45, 2.75) is 33.1 Å². The molecular weight excluding hydrogens is 270 g/mol. The Labute approximate surface area is 114 Å². The molecule has 1 amide bonds. The molecule has 0 saturated heterocycles. The Morgan fingerprint density at radius 1 is 1.21 bits per heavy atom. The van der Waals surface area contributed by atoms with Gasteiger partial charge in [0.2, 0.25) is 5.91 Å². The quantitative estimate of drug-likeness (QED) is 0.713. The van der Waals surface area contributed by atoms with Crippen molar-refractivity contribution in [3.05, 3.63) is 0 Å². The van der Waals surface area contributed by atoms with Crippen LogP contribution in [0.3, 0.4) is 0 Å². The van der Waals surface area contributed by atoms with Crippen LogP contribution in [0.4, 0.5) is 0 Å². The maximum Gasteiger partial charge on any atom is 0.310 e. The van der Waals surface area contributed by atoms with Crippen molar-refractivity contribution in [1.29, 1.82) is 0 Å². The van der Waals surface area contributed by atoms with Gasteiger partial charge in [0, 0.05) is 26.3 Å². The van der Waals surface area contributed by atoms with Gasteiger partial charge in [0.25, 0.3) is 0 Å². The summed E-state index contributed by atoms with van der Waals surface area (Å²) in [7, 11) is -1.64. The fourth-order valence-corrected chi connectivity index (χ4v) is 2.34. The zero-order chi connectivity index (χ0) is 15.3. The van der Waals surface area contributed by atoms with E-state index in [1.54, 1.807) is 13.8 Å². The van der Waals surface area contributed by atoms with Crippen LogP contribution in [0.1, 0.15) is 33.1 Å². The molecule has 19 heavy (non-hydrogen) atoms. The fraction of sp³-hybridized carbons (Fsp3) is 0.833. The summed E-state index contributed by atoms with van der Waals surface area (Å²) in [4.78, 5) is 24.5. The van der Waals surface area contributed by atoms with E-state index in [2.05, 4.69) is 0 Å². The highest BCUT2D eigenvalue weighted by molar-refractivity contribution is 7.90. The molecule has 0 aliphatic rings. The Morgan fingerprint density at radius 3 is 2.00 bits per heavy atom. The average molecular weight is 293 g/mol. The first-order valence-corrected chi connectivity index (χ1v) is 8.29. The van der Waals surface area contributed by atoms with Gasteiger partial charge in [-0.1, -0.05) is 13.8 Å². The van der Waals surface area contributed by atoms with Gasteiger partial charge < -0.3 is 10.0 Å². The Balaban J connectivity index is 4.70. The molecule has 0 spiro atoms. The van der Waals surface area contributed by atoms with E-state index in [-0.39, 0.29) is 24.6 Å². The lowest BCUT2D eigenvalue weighted by molar-refractivity contribution is -0.154. The summed E-state index contributed by atoms with van der Waals surface area (Å²) in [5.74, 6) is -1.44. The first-order chi connectivity index (χ1) is 8.58. The highest BCUT2D eigenvalue weighted by atomic mass is 32.2. The van der Waals surface area contributed by atoms with Gasteiger partial charge in [-0.25, -0.2) is 8.42 Å². The van der Waals surface area contributed by atoms with Crippen LogP contribution in [0.5, 0.6) is 0 Å². The number of amides is 1. The molecule has 0 aromatic rings. The molecule has 0 rings (SSSR count). The van der Waals surface area contributed by atoms with Crippen molar-refractivity contribution in [3.8, 4) is 0 Å². The van der Waals surface area contributed by atoms with Gasteiger partial charge in [-0.3, -0.25) is 9.59 Å². The Kier molecular flexibility index (Phi) is 6.48. The fourth-order valence-electron chi connectivity index (χ4n) is 1.73. The zero-order valence-electron chi connectivity index (χ0n) is 12.0. The van der Waals surface area contributed by atoms with Crippen LogP contribution in [0.2, 0.25) is 0 Å². The molecule has 7 heteroatoms. The summed E-state index contributed by atoms with van der Waals surface area (Å²) in [6, 6.07) is 0. The van der Waals surface area contributed by atoms with Crippen LogP contribution in [0.15, 0.2) is 0 Å². The topological polar surface area (TPSA) is 91.8 Å². The number of carbonyl (C=O) groups excluding carboxylic acids is 1. The number of hydrogen-bond donors (Lipinski definition) is 1. The van der Waals surface area contributed by atoms with Crippen molar-refractivity contribution >= 4 is 21.7 Å². The maximum atomic E-state index is 12.0. The average Bonchev–Trinajstić information content (AvgIpc) is 2.31. The molecule has 0 fully saturated rings. The van der Waals surface area contributed by atoms with E-state index in [0.717, 1.165) is 6.26 Å². The second kappa shape index (κ2) is 6.88. The van der Waals surface area contributed by atoms with E-state index in [1.807, 2.05) is 0 Å². The molecule has 0 heterocycles. The highest BCUT2D eigenvalue weighted by Gasteiger charge is 2.37. The number of rotatable bonds is 8. The molecule has 0 saturated carbocycles. The number of hydrogen-bond acceptors (Lipinski definition) is 4. The van der Waals surface area contributed by atoms with Gasteiger partial charge in [-0.05, 0) is 12.8 Å². The summed E-state index contributed by atoms with van der Waals surface area (Å²) >= 11 is 0. The molecular formula is C12H23NO5S. The molecule has 1 N–H and O–H groups in total. The van der Waals surface area contributed by atoms with Crippen LogP contribution in [0, 0.1) is 5.41 Å². The normalized spacial score (nSPS) is 12.2. The monoisotopic (exact) mass is 293 g/mol. The predicted octanol–water partition coefficient (Wildman–Crippen LogP) is 0.770. The van der Waals surface area contributed by atoms with E-state index in [1.165, 1.54) is 11.9 Å². The predicted molar refractivity (Wildman–Crippen MR) is 72.6 cm³/mol. The lowest BCUT2D eigenvalue weighted by Crippen LogP contribution is -2.39. The molecule has 0 bridgehead atoms. The molecule has 0 atom stereocenters. The largest absolute Gasteiger partial charge is 0.481 e. The number of carbonyl (C=O) groups is 2. The number of aliphatic carboxylic acids is 1. The SMILES string of the molecule is CCC(CC)(CC(=O)N(C)CCS(C)(=O)=O)C(=O)O. The molecule has 112 valence electrons. The number of carboxylic acid groups (broad SMARTS) is 1. The van der Waals surface area contributed by atoms with Gasteiger partial charge in [-0.15, -0.1) is 0 Å². The molecule has 0 aromatic heterocycles. The Bertz CT molecular complexity index is 425. The first-order valence-electron chi connectivity index (χ1n) is 6.23. The van der Waals surface area contributed by atoms with Gasteiger partial charge in [0.1, 0.15) is 9.84 Å². The standard InChI is InChI=1S/C12H23NO5S/c1-5-12(6-2,11(15)16)9-10(14)13(3)7-8-19(4,17)18/h5-9H2,1-4H3,(H,15,16). The van der Waals surface area contributed by atoms with Gasteiger partial charge in [0.05, 0.1) is 11.2 Å². The van der Waals surface area contributed by atoms with Crippen LogP contribution >= 0.6 is 0 Å². The van der Waals surface area contributed by atoms with Crippen LogP contribution in [0.25, 0.3) is 0 Å². The van der Waals surface area contributed by atoms with E-state index < -0.39 is 21.2 Å². The number of sulfone groups is 1. The summed E-state index contributed by atoms with van der Waals surface area (Å²) in [5.41, 5.74) is -1.06. The molecule has 0 aliphatic carbocycles. The number of nitrogens with zero attached hydrogens (tertiary/aromatic N) is 1. The van der Waals surface area contributed by atoms with Crippen molar-refractivity contribution < 1.29 is 23.1 Å². The van der Waals surface area contributed by atoms with E-state index in [9.17, 15) is 23.1 Å². The zero-order valence-corrected chi connectivity index (χ0v) is 12.8. The van der Waals surface area contributed by atoms with Crippen LogP contribution in [-0.2, 0) is 19.4 Å². The van der Waals surface area contributed by atoms with Gasteiger partial charge in [0.15, 0.2) is 0 Å². The smallest absolute Gasteiger partial charge is 0.310 e. The Morgan fingerprint density at radius 2 is 1.68 bits per heavy atom. The molecule has 0 aliphatic heterocycles. The van der Waals surface area contributed by atoms with E-state index in [4.69, 9.17) is 0 Å². The molecule has 0 unspecified atom stereocenters.